The first kappa shape index (κ1) is 76.3. The van der Waals surface area contributed by atoms with Crippen LogP contribution in [0.4, 0.5) is 11.6 Å². The summed E-state index contributed by atoms with van der Waals surface area (Å²) < 4.78 is 58.8. The number of aromatic nitrogens is 8. The average Bonchev–Trinajstić information content (AvgIpc) is 1.51. The summed E-state index contributed by atoms with van der Waals surface area (Å²) in [6.45, 7) is 45.2. The molecule has 4 aliphatic heterocycles. The van der Waals surface area contributed by atoms with Gasteiger partial charge in [-0.3, -0.25) is 23.5 Å². The van der Waals surface area contributed by atoms with E-state index in [-0.39, 0.29) is 133 Å². The van der Waals surface area contributed by atoms with Crippen LogP contribution in [0.5, 0.6) is 0 Å². The van der Waals surface area contributed by atoms with Gasteiger partial charge in [-0.2, -0.15) is 0 Å². The Hall–Kier alpha value is -4.75. The largest absolute Gasteiger partial charge is 2.00 e. The maximum absolute atomic E-state index is 14.1. The van der Waals surface area contributed by atoms with Gasteiger partial charge >= 0.3 is 57.3 Å². The van der Waals surface area contributed by atoms with E-state index in [9.17, 15) is 19.5 Å². The second-order valence-corrected chi connectivity index (χ2v) is 43.7. The fourth-order valence-corrected chi connectivity index (χ4v) is 35.4. The van der Waals surface area contributed by atoms with Crippen molar-refractivity contribution in [2.45, 2.75) is 204 Å². The van der Waals surface area contributed by atoms with E-state index >= 15 is 0 Å². The Kier molecular flexibility index (Phi) is 26.0. The monoisotopic (exact) mass is 1410 g/mol. The molecule has 2 amide bonds. The number of amides is 2. The smallest absolute Gasteiger partial charge is 1.00 e. The SMILES string of the molecule is C=CC[C@]1(O)[C@@H]2O[Si](C(C)C)(C(C)C)O[Si](C(C)C)(C(C)C)OC[C@H]2O[C@H]1n1cnc2c(NC(=O)c3ccccc3)ncnc21.C=C[CH2-].CC(C)[Si]1(C(C)C)OC[C@H]2O[C@@H](n3cnc4c(NC(=O)c5ccccc5)ncnc43)C(=O)[C@@H]2O[Si](C(C)C)(C(C)C)O1.[Br-].[Mg+2]. The standard InChI is InChI=1S/C32H47N5O6Si2.C29H41N5O6Si2.C3H5.BrH.Mg/c1-10-16-32(39)27-25(17-40-44(20(2)3,21(4)5)43-45(42-27,22(6)7)23(8)9)41-31(32)37-19-35-26-28(33-18-34-29(26)37)36-30(38)24-14-12-11-13-15-24;1-17(2)41(18(3)4)37-14-22-25(39-42(40-41,19(5)6)20(7)8)24(35)29(38-22)34-16-32-23-26(30-15-31-27(23)34)33-28(36)21-12-10-9-11-13-21;1-3-2;;/h10-15,18-23,25,27,31,39H,1,16-17H2,2-9H3,(H,33,34,36,38);9-13,15-20,22,25,29H,14H2,1-8H3,(H,30,31,33,36);3H,1-2H2;1H;/q;;-1;;+2/p-1/t25-,27-,31-,32+;22-,25-,29-;;;/m11.../s1. The number of nitrogens with zero attached hydrogens (tertiary/aromatic N) is 8. The van der Waals surface area contributed by atoms with Gasteiger partial charge < -0.3 is 68.1 Å². The van der Waals surface area contributed by atoms with Crippen molar-refractivity contribution < 1.29 is 71.9 Å². The molecular weight excluding hydrogens is 1320 g/mol. The molecule has 2 aromatic carbocycles. The number of hydrogen-bond acceptors (Lipinski definition) is 18. The van der Waals surface area contributed by atoms with Crippen LogP contribution in [-0.4, -0.2) is 162 Å². The second kappa shape index (κ2) is 31.4. The quantitative estimate of drug-likeness (QED) is 0.0463. The Morgan fingerprint density at radius 1 is 0.609 bits per heavy atom. The van der Waals surface area contributed by atoms with E-state index < -0.39 is 76.7 Å². The summed E-state index contributed by atoms with van der Waals surface area (Å²) in [6.07, 6.45) is 4.31. The summed E-state index contributed by atoms with van der Waals surface area (Å²) in [5.74, 6) is -0.378. The molecule has 6 aromatic rings. The maximum Gasteiger partial charge on any atom is 2.00 e. The number of fused-ring (bicyclic) bond motifs is 4. The number of anilines is 2. The Labute approximate surface area is 573 Å². The Balaban J connectivity index is 0.000000275. The van der Waals surface area contributed by atoms with Crippen molar-refractivity contribution in [2.24, 2.45) is 0 Å². The number of aliphatic hydroxyl groups is 1. The van der Waals surface area contributed by atoms with Crippen LogP contribution in [0.25, 0.3) is 22.3 Å². The third-order valence-electron chi connectivity index (χ3n) is 17.6. The van der Waals surface area contributed by atoms with E-state index in [1.165, 1.54) is 25.1 Å². The number of ether oxygens (including phenoxy) is 2. The molecule has 496 valence electrons. The van der Waals surface area contributed by atoms with Gasteiger partial charge in [0.05, 0.1) is 25.9 Å². The minimum absolute atomic E-state index is 0. The van der Waals surface area contributed by atoms with Crippen molar-refractivity contribution >= 4 is 109 Å². The van der Waals surface area contributed by atoms with Crippen LogP contribution in [0, 0.1) is 6.92 Å². The zero-order valence-corrected chi connectivity index (χ0v) is 63.2. The minimum atomic E-state index is -3.05. The predicted molar refractivity (Wildman–Crippen MR) is 361 cm³/mol. The second-order valence-electron chi connectivity index (χ2n) is 26.0. The fraction of sp³-hybridized carbons (Fsp3) is 0.531. The summed E-state index contributed by atoms with van der Waals surface area (Å²) in [7, 11) is -11.6. The van der Waals surface area contributed by atoms with Gasteiger partial charge in [-0.25, -0.2) is 49.5 Å². The Morgan fingerprint density at radius 3 is 1.41 bits per heavy atom. The summed E-state index contributed by atoms with van der Waals surface area (Å²) in [5, 5.41) is 18.3. The zero-order chi connectivity index (χ0) is 65.8. The molecule has 22 nitrogen and oxygen atoms in total. The molecule has 7 atom stereocenters. The summed E-state index contributed by atoms with van der Waals surface area (Å²) in [4.78, 5) is 66.3. The number of Topliss-reactive ketones (excluding diaryl/α,β-unsaturated/α-hetero) is 1. The van der Waals surface area contributed by atoms with Crippen LogP contribution in [0.1, 0.15) is 150 Å². The Bertz CT molecular complexity index is 3440. The van der Waals surface area contributed by atoms with E-state index in [2.05, 4.69) is 171 Å². The molecule has 10 rings (SSSR count). The molecule has 28 heteroatoms. The summed E-state index contributed by atoms with van der Waals surface area (Å²) in [5.41, 5.74) is 1.91. The van der Waals surface area contributed by atoms with E-state index in [0.29, 0.717) is 33.5 Å². The molecule has 4 saturated heterocycles. The van der Waals surface area contributed by atoms with Gasteiger partial charge in [0.2, 0.25) is 5.78 Å². The Morgan fingerprint density at radius 2 is 1.00 bits per heavy atom. The number of rotatable bonds is 16. The fourth-order valence-electron chi connectivity index (χ4n) is 13.0. The normalized spacial score (nSPS) is 23.9. The van der Waals surface area contributed by atoms with Crippen molar-refractivity contribution in [3.05, 3.63) is 129 Å². The molecule has 0 aliphatic carbocycles. The van der Waals surface area contributed by atoms with Gasteiger partial charge in [-0.1, -0.05) is 153 Å². The molecule has 4 aliphatic rings. The average molecular weight is 1410 g/mol. The number of imidazole rings is 2. The van der Waals surface area contributed by atoms with Crippen LogP contribution in [-0.2, 0) is 40.2 Å². The molecule has 0 saturated carbocycles. The van der Waals surface area contributed by atoms with Gasteiger partial charge in [0.1, 0.15) is 42.7 Å². The first-order chi connectivity index (χ1) is 42.6. The van der Waals surface area contributed by atoms with Crippen molar-refractivity contribution in [2.75, 3.05) is 23.8 Å². The van der Waals surface area contributed by atoms with Crippen LogP contribution in [0.2, 0.25) is 44.3 Å². The van der Waals surface area contributed by atoms with Crippen LogP contribution < -0.4 is 27.6 Å². The van der Waals surface area contributed by atoms with Gasteiger partial charge in [0, 0.05) is 17.5 Å². The van der Waals surface area contributed by atoms with E-state index in [0.717, 1.165) is 0 Å². The van der Waals surface area contributed by atoms with Gasteiger partial charge in [0.25, 0.3) is 11.8 Å². The minimum Gasteiger partial charge on any atom is -1.00 e. The third kappa shape index (κ3) is 14.6. The molecule has 8 heterocycles. The van der Waals surface area contributed by atoms with Crippen molar-refractivity contribution in [3.8, 4) is 0 Å². The van der Waals surface area contributed by atoms with Gasteiger partial charge in [-0.15, -0.1) is 6.58 Å². The van der Waals surface area contributed by atoms with Gasteiger partial charge in [-0.05, 0) is 68.6 Å². The van der Waals surface area contributed by atoms with Gasteiger partial charge in [0.15, 0.2) is 46.4 Å². The van der Waals surface area contributed by atoms with Crippen LogP contribution >= 0.6 is 0 Å². The molecular formula is C64H93BrMgN10O12Si4. The number of hydrogen-bond donors (Lipinski definition) is 3. The number of carbonyl (C=O) groups is 3. The number of benzene rings is 2. The number of allylic oxidation sites excluding steroid dienone is 1. The molecule has 4 fully saturated rings. The molecule has 0 unspecified atom stereocenters. The third-order valence-corrected chi connectivity index (χ3v) is 38.1. The van der Waals surface area contributed by atoms with E-state index in [1.807, 2.05) is 12.1 Å². The first-order valence-electron chi connectivity index (χ1n) is 31.3. The van der Waals surface area contributed by atoms with E-state index in [4.69, 9.17) is 35.4 Å². The molecule has 3 N–H and O–H groups in total. The van der Waals surface area contributed by atoms with Crippen molar-refractivity contribution in [1.82, 2.24) is 39.0 Å². The number of nitrogens with one attached hydrogen (secondary N) is 2. The molecule has 4 aromatic heterocycles. The van der Waals surface area contributed by atoms with Crippen LogP contribution in [0.3, 0.4) is 0 Å². The topological polar surface area (TPSA) is 257 Å². The van der Waals surface area contributed by atoms with Crippen molar-refractivity contribution in [1.29, 1.82) is 0 Å². The van der Waals surface area contributed by atoms with Crippen molar-refractivity contribution in [3.63, 3.8) is 0 Å². The molecule has 0 radical (unpaired) electrons. The molecule has 92 heavy (non-hydrogen) atoms. The zero-order valence-electron chi connectivity index (χ0n) is 56.2. The van der Waals surface area contributed by atoms with Crippen LogP contribution in [0.15, 0.2) is 111 Å². The maximum atomic E-state index is 14.1. The summed E-state index contributed by atoms with van der Waals surface area (Å²) >= 11 is 0. The predicted octanol–water partition coefficient (Wildman–Crippen LogP) is 9.37. The number of carbonyl (C=O) groups excluding carboxylic acids is 3. The number of halogens is 1. The van der Waals surface area contributed by atoms with E-state index in [1.54, 1.807) is 70.1 Å². The number of ketones is 1. The molecule has 0 spiro atoms. The summed E-state index contributed by atoms with van der Waals surface area (Å²) in [6, 6.07) is 17.7. The molecule has 0 bridgehead atoms. The first-order valence-corrected chi connectivity index (χ1v) is 39.2.